The third kappa shape index (κ3) is 2.80. The Morgan fingerprint density at radius 2 is 1.78 bits per heavy atom. The van der Waals surface area contributed by atoms with Crippen LogP contribution >= 0.6 is 0 Å². The molecular weight excluding hydrogens is 226 g/mol. The van der Waals surface area contributed by atoms with Crippen LogP contribution < -0.4 is 5.32 Å². The average Bonchev–Trinajstić information content (AvgIpc) is 2.82. The van der Waals surface area contributed by atoms with Crippen LogP contribution in [0, 0.1) is 5.41 Å². The number of benzene rings is 1. The Kier molecular flexibility index (Phi) is 3.24. The summed E-state index contributed by atoms with van der Waals surface area (Å²) in [5.74, 6) is 0.831. The summed E-state index contributed by atoms with van der Waals surface area (Å²) in [7, 11) is 0. The monoisotopic (exact) mass is 243 g/mol. The molecule has 1 heterocycles. The predicted octanol–water partition coefficient (Wildman–Crippen LogP) is 3.93. The molecule has 0 saturated carbocycles. The van der Waals surface area contributed by atoms with Crippen molar-refractivity contribution in [2.24, 2.45) is 5.41 Å². The summed E-state index contributed by atoms with van der Waals surface area (Å²) in [6, 6.07) is 11.4. The van der Waals surface area contributed by atoms with Gasteiger partial charge in [-0.1, -0.05) is 20.8 Å². The fraction of sp³-hybridized carbons (Fsp3) is 0.267. The van der Waals surface area contributed by atoms with Crippen LogP contribution in [0.3, 0.4) is 0 Å². The van der Waals surface area contributed by atoms with Crippen LogP contribution in [0.4, 0.5) is 5.69 Å². The predicted molar refractivity (Wildman–Crippen MR) is 72.2 cm³/mol. The molecule has 0 spiro atoms. The minimum Gasteiger partial charge on any atom is -0.464 e. The van der Waals surface area contributed by atoms with E-state index in [1.54, 1.807) is 6.26 Å². The molecule has 1 aromatic heterocycles. The zero-order valence-corrected chi connectivity index (χ0v) is 10.9. The maximum absolute atomic E-state index is 11.8. The topological polar surface area (TPSA) is 42.2 Å². The van der Waals surface area contributed by atoms with E-state index in [1.807, 2.05) is 57.2 Å². The molecule has 0 atom stereocenters. The van der Waals surface area contributed by atoms with Crippen LogP contribution in [-0.4, -0.2) is 5.91 Å². The average molecular weight is 243 g/mol. The number of carbonyl (C=O) groups excluding carboxylic acids is 1. The number of nitrogens with one attached hydrogen (secondary N) is 1. The van der Waals surface area contributed by atoms with Crippen LogP contribution in [0.5, 0.6) is 0 Å². The van der Waals surface area contributed by atoms with Gasteiger partial charge >= 0.3 is 0 Å². The Hall–Kier alpha value is -2.03. The van der Waals surface area contributed by atoms with E-state index in [1.165, 1.54) is 0 Å². The van der Waals surface area contributed by atoms with Crippen molar-refractivity contribution in [3.8, 4) is 11.3 Å². The van der Waals surface area contributed by atoms with E-state index in [4.69, 9.17) is 4.42 Å². The molecule has 2 aromatic rings. The Bertz CT molecular complexity index is 519. The first-order chi connectivity index (χ1) is 8.47. The van der Waals surface area contributed by atoms with Crippen LogP contribution in [0.15, 0.2) is 47.1 Å². The molecule has 0 saturated heterocycles. The Labute approximate surface area is 107 Å². The lowest BCUT2D eigenvalue weighted by molar-refractivity contribution is -0.123. The molecule has 18 heavy (non-hydrogen) atoms. The summed E-state index contributed by atoms with van der Waals surface area (Å²) in [5.41, 5.74) is 1.40. The lowest BCUT2D eigenvalue weighted by Gasteiger charge is -2.17. The second-order valence-corrected chi connectivity index (χ2v) is 5.26. The molecule has 1 amide bonds. The highest BCUT2D eigenvalue weighted by molar-refractivity contribution is 5.94. The first kappa shape index (κ1) is 12.4. The number of amides is 1. The fourth-order valence-electron chi connectivity index (χ4n) is 1.48. The van der Waals surface area contributed by atoms with Gasteiger partial charge < -0.3 is 9.73 Å². The minimum atomic E-state index is -0.389. The van der Waals surface area contributed by atoms with Crippen molar-refractivity contribution in [2.45, 2.75) is 20.8 Å². The highest BCUT2D eigenvalue weighted by Gasteiger charge is 2.20. The molecule has 0 fully saturated rings. The van der Waals surface area contributed by atoms with Crippen LogP contribution in [0.25, 0.3) is 11.3 Å². The Morgan fingerprint density at radius 1 is 1.11 bits per heavy atom. The van der Waals surface area contributed by atoms with Gasteiger partial charge in [-0.2, -0.15) is 0 Å². The van der Waals surface area contributed by atoms with E-state index in [2.05, 4.69) is 5.32 Å². The van der Waals surface area contributed by atoms with Gasteiger partial charge in [-0.15, -0.1) is 0 Å². The van der Waals surface area contributed by atoms with Gasteiger partial charge in [0.15, 0.2) is 0 Å². The fourth-order valence-corrected chi connectivity index (χ4v) is 1.48. The molecule has 0 aliphatic carbocycles. The highest BCUT2D eigenvalue weighted by atomic mass is 16.3. The molecule has 0 bridgehead atoms. The number of hydrogen-bond acceptors (Lipinski definition) is 2. The molecule has 1 aromatic carbocycles. The van der Waals surface area contributed by atoms with E-state index in [0.717, 1.165) is 17.0 Å². The number of hydrogen-bond donors (Lipinski definition) is 1. The molecule has 0 unspecified atom stereocenters. The lowest BCUT2D eigenvalue weighted by Crippen LogP contribution is -2.27. The van der Waals surface area contributed by atoms with E-state index >= 15 is 0 Å². The minimum absolute atomic E-state index is 0.00764. The molecule has 3 heteroatoms. The quantitative estimate of drug-likeness (QED) is 0.868. The number of anilines is 1. The van der Waals surface area contributed by atoms with Gasteiger partial charge in [0, 0.05) is 16.7 Å². The SMILES string of the molecule is CC(C)(C)C(=O)Nc1ccc(-c2ccco2)cc1. The van der Waals surface area contributed by atoms with Gasteiger partial charge in [0.2, 0.25) is 5.91 Å². The van der Waals surface area contributed by atoms with Crippen LogP contribution in [0.2, 0.25) is 0 Å². The third-order valence-corrected chi connectivity index (χ3v) is 2.63. The maximum Gasteiger partial charge on any atom is 0.229 e. The maximum atomic E-state index is 11.8. The molecule has 2 rings (SSSR count). The highest BCUT2D eigenvalue weighted by Crippen LogP contribution is 2.23. The lowest BCUT2D eigenvalue weighted by atomic mass is 9.95. The molecule has 0 radical (unpaired) electrons. The number of furan rings is 1. The third-order valence-electron chi connectivity index (χ3n) is 2.63. The molecule has 0 aliphatic heterocycles. The van der Waals surface area contributed by atoms with E-state index in [9.17, 15) is 4.79 Å². The van der Waals surface area contributed by atoms with E-state index in [0.29, 0.717) is 0 Å². The second kappa shape index (κ2) is 4.69. The summed E-state index contributed by atoms with van der Waals surface area (Å²) in [6.07, 6.45) is 1.64. The Balaban J connectivity index is 2.12. The van der Waals surface area contributed by atoms with Gasteiger partial charge in [-0.05, 0) is 36.4 Å². The van der Waals surface area contributed by atoms with Crippen LogP contribution in [0.1, 0.15) is 20.8 Å². The summed E-state index contributed by atoms with van der Waals surface area (Å²) < 4.78 is 5.31. The smallest absolute Gasteiger partial charge is 0.229 e. The van der Waals surface area contributed by atoms with Gasteiger partial charge in [-0.25, -0.2) is 0 Å². The van der Waals surface area contributed by atoms with Crippen LogP contribution in [-0.2, 0) is 4.79 Å². The van der Waals surface area contributed by atoms with Gasteiger partial charge in [-0.3, -0.25) is 4.79 Å². The number of carbonyl (C=O) groups is 1. The number of rotatable bonds is 2. The molecular formula is C15H17NO2. The summed E-state index contributed by atoms with van der Waals surface area (Å²) >= 11 is 0. The van der Waals surface area contributed by atoms with Gasteiger partial charge in [0.05, 0.1) is 6.26 Å². The van der Waals surface area contributed by atoms with Crippen molar-refractivity contribution < 1.29 is 9.21 Å². The Morgan fingerprint density at radius 3 is 2.28 bits per heavy atom. The van der Waals surface area contributed by atoms with E-state index < -0.39 is 0 Å². The van der Waals surface area contributed by atoms with Crippen molar-refractivity contribution in [3.63, 3.8) is 0 Å². The largest absolute Gasteiger partial charge is 0.464 e. The molecule has 1 N–H and O–H groups in total. The normalized spacial score (nSPS) is 11.3. The van der Waals surface area contributed by atoms with Gasteiger partial charge in [0.25, 0.3) is 0 Å². The van der Waals surface area contributed by atoms with Crippen molar-refractivity contribution in [1.29, 1.82) is 0 Å². The zero-order valence-electron chi connectivity index (χ0n) is 10.9. The first-order valence-corrected chi connectivity index (χ1v) is 5.92. The molecule has 0 aliphatic rings. The summed E-state index contributed by atoms with van der Waals surface area (Å²) in [5, 5.41) is 2.88. The van der Waals surface area contributed by atoms with Gasteiger partial charge in [0.1, 0.15) is 5.76 Å². The van der Waals surface area contributed by atoms with Crippen molar-refractivity contribution in [2.75, 3.05) is 5.32 Å². The summed E-state index contributed by atoms with van der Waals surface area (Å²) in [4.78, 5) is 11.8. The van der Waals surface area contributed by atoms with Crippen molar-refractivity contribution in [3.05, 3.63) is 42.7 Å². The first-order valence-electron chi connectivity index (χ1n) is 5.92. The second-order valence-electron chi connectivity index (χ2n) is 5.26. The van der Waals surface area contributed by atoms with E-state index in [-0.39, 0.29) is 11.3 Å². The van der Waals surface area contributed by atoms with Crippen molar-refractivity contribution >= 4 is 11.6 Å². The molecule has 3 nitrogen and oxygen atoms in total. The zero-order chi connectivity index (χ0) is 13.2. The van der Waals surface area contributed by atoms with Crippen molar-refractivity contribution in [1.82, 2.24) is 0 Å². The molecule has 94 valence electrons. The standard InChI is InChI=1S/C15H17NO2/c1-15(2,3)14(17)16-12-8-6-11(7-9-12)13-5-4-10-18-13/h4-10H,1-3H3,(H,16,17). The summed E-state index contributed by atoms with van der Waals surface area (Å²) in [6.45, 7) is 5.67.